The molecule has 3 rings (SSSR count). The molecule has 0 spiro atoms. The Labute approximate surface area is 136 Å². The minimum absolute atomic E-state index is 0.0447. The van der Waals surface area contributed by atoms with Gasteiger partial charge in [-0.2, -0.15) is 0 Å². The highest BCUT2D eigenvalue weighted by atomic mass is 79.9. The summed E-state index contributed by atoms with van der Waals surface area (Å²) >= 11 is 3.34. The minimum Gasteiger partial charge on any atom is -0.404 e. The zero-order chi connectivity index (χ0) is 15.5. The summed E-state index contributed by atoms with van der Waals surface area (Å²) in [4.78, 5) is 25.3. The number of nitrogens with zero attached hydrogens (tertiary/aromatic N) is 1. The van der Waals surface area contributed by atoms with E-state index in [1.165, 1.54) is 0 Å². The van der Waals surface area contributed by atoms with E-state index in [4.69, 9.17) is 4.74 Å². The summed E-state index contributed by atoms with van der Waals surface area (Å²) in [5.74, 6) is -0.375. The second-order valence-electron chi connectivity index (χ2n) is 4.81. The van der Waals surface area contributed by atoms with Crippen molar-refractivity contribution in [3.63, 3.8) is 0 Å². The molecule has 0 unspecified atom stereocenters. The molecular formula is C17H12BrNO3. The predicted octanol–water partition coefficient (Wildman–Crippen LogP) is 3.97. The molecule has 0 bridgehead atoms. The number of benzene rings is 2. The summed E-state index contributed by atoms with van der Waals surface area (Å²) in [5.41, 5.74) is 1.67. The average molecular weight is 358 g/mol. The lowest BCUT2D eigenvalue weighted by Crippen LogP contribution is -2.28. The molecule has 2 amide bonds. The van der Waals surface area contributed by atoms with Crippen LogP contribution in [-0.2, 0) is 16.1 Å². The molecule has 0 N–H and O–H groups in total. The van der Waals surface area contributed by atoms with Gasteiger partial charge in [0.1, 0.15) is 0 Å². The van der Waals surface area contributed by atoms with Crippen LogP contribution < -0.4 is 0 Å². The van der Waals surface area contributed by atoms with E-state index < -0.39 is 12.0 Å². The molecule has 0 atom stereocenters. The van der Waals surface area contributed by atoms with Crippen LogP contribution in [0.2, 0.25) is 0 Å². The smallest absolute Gasteiger partial charge is 0.404 e. The molecule has 110 valence electrons. The van der Waals surface area contributed by atoms with Gasteiger partial charge in [-0.25, -0.2) is 9.69 Å². The summed E-state index contributed by atoms with van der Waals surface area (Å²) in [7, 11) is 0. The molecule has 0 aliphatic carbocycles. The molecule has 0 saturated carbocycles. The van der Waals surface area contributed by atoms with Crippen LogP contribution in [0.25, 0.3) is 6.08 Å². The van der Waals surface area contributed by atoms with E-state index in [-0.39, 0.29) is 12.3 Å². The van der Waals surface area contributed by atoms with E-state index in [2.05, 4.69) is 15.9 Å². The molecule has 1 fully saturated rings. The zero-order valence-corrected chi connectivity index (χ0v) is 13.1. The molecule has 5 heteroatoms. The van der Waals surface area contributed by atoms with Crippen LogP contribution in [0.4, 0.5) is 4.79 Å². The lowest BCUT2D eigenvalue weighted by atomic mass is 10.2. The first-order valence-corrected chi connectivity index (χ1v) is 7.47. The largest absolute Gasteiger partial charge is 0.422 e. The standard InChI is InChI=1S/C17H12BrNO3/c18-14-8-6-12(7-9-14)10-15-16(20)19(17(21)22-15)11-13-4-2-1-3-5-13/h1-10H,11H2/b15-10-. The number of hydrogen-bond donors (Lipinski definition) is 0. The number of carbonyl (C=O) groups is 2. The number of carbonyl (C=O) groups excluding carboxylic acids is 2. The maximum absolute atomic E-state index is 12.3. The van der Waals surface area contributed by atoms with E-state index >= 15 is 0 Å². The second-order valence-corrected chi connectivity index (χ2v) is 5.72. The fraction of sp³-hybridized carbons (Fsp3) is 0.0588. The number of rotatable bonds is 3. The van der Waals surface area contributed by atoms with E-state index in [1.807, 2.05) is 54.6 Å². The Morgan fingerprint density at radius 3 is 2.36 bits per heavy atom. The Kier molecular flexibility index (Phi) is 4.06. The number of ether oxygens (including phenoxy) is 1. The van der Waals surface area contributed by atoms with Gasteiger partial charge in [0, 0.05) is 4.47 Å². The average Bonchev–Trinajstić information content (AvgIpc) is 2.78. The molecule has 0 radical (unpaired) electrons. The molecule has 1 aliphatic rings. The van der Waals surface area contributed by atoms with Gasteiger partial charge in [-0.1, -0.05) is 58.4 Å². The van der Waals surface area contributed by atoms with Crippen LogP contribution in [0.1, 0.15) is 11.1 Å². The first kappa shape index (κ1) is 14.5. The van der Waals surface area contributed by atoms with Gasteiger partial charge in [0.25, 0.3) is 5.91 Å². The van der Waals surface area contributed by atoms with Gasteiger partial charge in [-0.15, -0.1) is 0 Å². The minimum atomic E-state index is -0.641. The van der Waals surface area contributed by atoms with Gasteiger partial charge < -0.3 is 4.74 Å². The van der Waals surface area contributed by atoms with Crippen molar-refractivity contribution in [3.05, 3.63) is 76.0 Å². The lowest BCUT2D eigenvalue weighted by Gasteiger charge is -2.09. The van der Waals surface area contributed by atoms with Crippen molar-refractivity contribution in [2.75, 3.05) is 0 Å². The van der Waals surface area contributed by atoms with Crippen molar-refractivity contribution in [1.82, 2.24) is 4.90 Å². The fourth-order valence-electron chi connectivity index (χ4n) is 2.11. The van der Waals surface area contributed by atoms with Gasteiger partial charge >= 0.3 is 6.09 Å². The van der Waals surface area contributed by atoms with Gasteiger partial charge in [-0.05, 0) is 29.3 Å². The zero-order valence-electron chi connectivity index (χ0n) is 11.5. The third-order valence-electron chi connectivity index (χ3n) is 3.22. The van der Waals surface area contributed by atoms with E-state index in [0.29, 0.717) is 0 Å². The Morgan fingerprint density at radius 2 is 1.68 bits per heavy atom. The van der Waals surface area contributed by atoms with Crippen LogP contribution in [0.15, 0.2) is 64.8 Å². The molecule has 2 aromatic carbocycles. The number of imide groups is 1. The quantitative estimate of drug-likeness (QED) is 0.780. The van der Waals surface area contributed by atoms with Crippen LogP contribution >= 0.6 is 15.9 Å². The lowest BCUT2D eigenvalue weighted by molar-refractivity contribution is -0.123. The van der Waals surface area contributed by atoms with E-state index in [9.17, 15) is 9.59 Å². The van der Waals surface area contributed by atoms with Crippen LogP contribution in [0.5, 0.6) is 0 Å². The highest BCUT2D eigenvalue weighted by Crippen LogP contribution is 2.22. The normalized spacial score (nSPS) is 16.2. The third kappa shape index (κ3) is 3.09. The number of hydrogen-bond acceptors (Lipinski definition) is 3. The summed E-state index contributed by atoms with van der Waals surface area (Å²) in [5, 5.41) is 0. The summed E-state index contributed by atoms with van der Waals surface area (Å²) in [6, 6.07) is 16.7. The number of halogens is 1. The van der Waals surface area contributed by atoms with E-state index in [0.717, 1.165) is 20.5 Å². The number of amides is 2. The SMILES string of the molecule is O=C1O/C(=C\c2ccc(Br)cc2)C(=O)N1Cc1ccccc1. The third-order valence-corrected chi connectivity index (χ3v) is 3.75. The van der Waals surface area contributed by atoms with Gasteiger partial charge in [-0.3, -0.25) is 4.79 Å². The molecule has 2 aromatic rings. The van der Waals surface area contributed by atoms with Gasteiger partial charge in [0.05, 0.1) is 6.54 Å². The van der Waals surface area contributed by atoms with Gasteiger partial charge in [0.15, 0.2) is 5.76 Å². The van der Waals surface area contributed by atoms with Crippen molar-refractivity contribution < 1.29 is 14.3 Å². The van der Waals surface area contributed by atoms with Gasteiger partial charge in [0.2, 0.25) is 0 Å². The van der Waals surface area contributed by atoms with Crippen molar-refractivity contribution in [2.45, 2.75) is 6.54 Å². The van der Waals surface area contributed by atoms with E-state index in [1.54, 1.807) is 6.08 Å². The first-order chi connectivity index (χ1) is 10.6. The molecule has 1 saturated heterocycles. The van der Waals surface area contributed by atoms with Crippen LogP contribution in [0.3, 0.4) is 0 Å². The highest BCUT2D eigenvalue weighted by molar-refractivity contribution is 9.10. The Hall–Kier alpha value is -2.40. The molecular weight excluding hydrogens is 346 g/mol. The molecule has 1 heterocycles. The Morgan fingerprint density at radius 1 is 1.00 bits per heavy atom. The molecule has 4 nitrogen and oxygen atoms in total. The summed E-state index contributed by atoms with van der Waals surface area (Å²) in [6.07, 6.45) is 0.926. The summed E-state index contributed by atoms with van der Waals surface area (Å²) in [6.45, 7) is 0.205. The maximum atomic E-state index is 12.3. The highest BCUT2D eigenvalue weighted by Gasteiger charge is 2.36. The molecule has 0 aromatic heterocycles. The molecule has 22 heavy (non-hydrogen) atoms. The fourth-order valence-corrected chi connectivity index (χ4v) is 2.38. The van der Waals surface area contributed by atoms with Crippen LogP contribution in [0, 0.1) is 0 Å². The van der Waals surface area contributed by atoms with Crippen molar-refractivity contribution >= 4 is 34.0 Å². The van der Waals surface area contributed by atoms with Crippen LogP contribution in [-0.4, -0.2) is 16.9 Å². The number of cyclic esters (lactones) is 1. The topological polar surface area (TPSA) is 46.6 Å². The van der Waals surface area contributed by atoms with Crippen molar-refractivity contribution in [1.29, 1.82) is 0 Å². The second kappa shape index (κ2) is 6.15. The Bertz CT molecular complexity index is 738. The molecule has 1 aliphatic heterocycles. The monoisotopic (exact) mass is 357 g/mol. The Balaban J connectivity index is 1.80. The maximum Gasteiger partial charge on any atom is 0.422 e. The summed E-state index contributed by atoms with van der Waals surface area (Å²) < 4.78 is 6.02. The van der Waals surface area contributed by atoms with Crippen molar-refractivity contribution in [2.24, 2.45) is 0 Å². The first-order valence-electron chi connectivity index (χ1n) is 6.68. The van der Waals surface area contributed by atoms with Crippen molar-refractivity contribution in [3.8, 4) is 0 Å². The predicted molar refractivity (Wildman–Crippen MR) is 85.6 cm³/mol.